The van der Waals surface area contributed by atoms with Crippen molar-refractivity contribution in [2.75, 3.05) is 0 Å². The Morgan fingerprint density at radius 3 is 2.79 bits per heavy atom. The van der Waals surface area contributed by atoms with Crippen molar-refractivity contribution in [1.82, 2.24) is 0 Å². The number of hydrogen-bond donors (Lipinski definition) is 0. The number of carbonyl (C=O) groups excluding carboxylic acids is 1. The molecular formula is C20H24O3Si. The van der Waals surface area contributed by atoms with Crippen molar-refractivity contribution in [2.24, 2.45) is 11.3 Å². The summed E-state index contributed by atoms with van der Waals surface area (Å²) in [4.78, 5) is 13.0. The van der Waals surface area contributed by atoms with Crippen LogP contribution in [0.2, 0.25) is 19.6 Å². The maximum Gasteiger partial charge on any atom is 0.319 e. The van der Waals surface area contributed by atoms with E-state index in [2.05, 4.69) is 50.8 Å². The van der Waals surface area contributed by atoms with Gasteiger partial charge in [-0.15, -0.1) is 0 Å². The second-order valence-corrected chi connectivity index (χ2v) is 13.3. The summed E-state index contributed by atoms with van der Waals surface area (Å²) in [6.45, 7) is 8.89. The molecule has 3 nitrogen and oxygen atoms in total. The molecule has 24 heavy (non-hydrogen) atoms. The molecule has 0 radical (unpaired) electrons. The van der Waals surface area contributed by atoms with Crippen LogP contribution in [0.3, 0.4) is 0 Å². The smallest absolute Gasteiger partial charge is 0.319 e. The third kappa shape index (κ3) is 1.50. The van der Waals surface area contributed by atoms with Gasteiger partial charge in [0.15, 0.2) is 8.32 Å². The molecular weight excluding hydrogens is 316 g/mol. The Morgan fingerprint density at radius 2 is 2.08 bits per heavy atom. The van der Waals surface area contributed by atoms with Gasteiger partial charge in [0.2, 0.25) is 0 Å². The molecule has 0 unspecified atom stereocenters. The van der Waals surface area contributed by atoms with Gasteiger partial charge in [-0.1, -0.05) is 18.2 Å². The van der Waals surface area contributed by atoms with Crippen LogP contribution in [-0.2, 0) is 32.4 Å². The number of carbonyl (C=O) groups is 1. The lowest BCUT2D eigenvalue weighted by atomic mass is 9.54. The number of benzene rings is 1. The summed E-state index contributed by atoms with van der Waals surface area (Å²) >= 11 is 0. The van der Waals surface area contributed by atoms with Crippen LogP contribution in [0.4, 0.5) is 0 Å². The molecule has 1 saturated heterocycles. The van der Waals surface area contributed by atoms with Gasteiger partial charge in [-0.3, -0.25) is 4.79 Å². The van der Waals surface area contributed by atoms with E-state index in [9.17, 15) is 4.79 Å². The summed E-state index contributed by atoms with van der Waals surface area (Å²) < 4.78 is 12.8. The summed E-state index contributed by atoms with van der Waals surface area (Å²) in [7, 11) is -1.87. The molecule has 4 heteroatoms. The summed E-state index contributed by atoms with van der Waals surface area (Å²) in [6, 6.07) is 4.50. The van der Waals surface area contributed by atoms with Crippen molar-refractivity contribution < 1.29 is 14.0 Å². The van der Waals surface area contributed by atoms with Crippen LogP contribution in [0.5, 0.6) is 0 Å². The van der Waals surface area contributed by atoms with E-state index in [1.165, 1.54) is 22.3 Å². The predicted molar refractivity (Wildman–Crippen MR) is 94.3 cm³/mol. The second kappa shape index (κ2) is 4.22. The Kier molecular flexibility index (Phi) is 2.62. The standard InChI is InChI=1S/C20H24O3Si/c1-12-5-6-13-7-9-19-10-8-16(22-18(19)21)15-11-14(12)17(13)20(15,19)23-24(2,3)4/h5-6,8,10,15-16H,7,9,11H2,1-4H3/t15-,16+,19+,20-/m1/s1. The fourth-order valence-electron chi connectivity index (χ4n) is 5.68. The minimum Gasteiger partial charge on any atom is -0.457 e. The SMILES string of the molecule is Cc1ccc2c3c1C[C@@H]1[C@@H]4C=C[C@@](CC2)(C(=O)O4)[C@]31O[Si](C)(C)C. The average molecular weight is 340 g/mol. The fraction of sp³-hybridized carbons (Fsp3) is 0.550. The van der Waals surface area contributed by atoms with Gasteiger partial charge < -0.3 is 9.16 Å². The Bertz CT molecular complexity index is 806. The van der Waals surface area contributed by atoms with Gasteiger partial charge in [0.25, 0.3) is 0 Å². The van der Waals surface area contributed by atoms with Crippen molar-refractivity contribution in [3.05, 3.63) is 46.5 Å². The molecule has 1 aromatic rings. The second-order valence-electron chi connectivity index (χ2n) is 8.86. The van der Waals surface area contributed by atoms with Gasteiger partial charge in [-0.25, -0.2) is 0 Å². The molecule has 0 N–H and O–H groups in total. The van der Waals surface area contributed by atoms with Crippen LogP contribution >= 0.6 is 0 Å². The summed E-state index contributed by atoms with van der Waals surface area (Å²) in [5.74, 6) is 0.159. The van der Waals surface area contributed by atoms with Crippen molar-refractivity contribution >= 4 is 14.3 Å². The molecule has 5 aliphatic rings. The number of fused-ring (bicyclic) bond motifs is 1. The van der Waals surface area contributed by atoms with Gasteiger partial charge in [0.05, 0.1) is 0 Å². The molecule has 126 valence electrons. The first-order valence-electron chi connectivity index (χ1n) is 9.01. The Balaban J connectivity index is 1.88. The lowest BCUT2D eigenvalue weighted by Crippen LogP contribution is -2.68. The first kappa shape index (κ1) is 14.9. The quantitative estimate of drug-likeness (QED) is 0.468. The minimum atomic E-state index is -1.87. The number of ether oxygens (including phenoxy) is 1. The molecule has 2 aliphatic heterocycles. The number of aryl methyl sites for hydroxylation is 2. The third-order valence-electron chi connectivity index (χ3n) is 6.44. The summed E-state index contributed by atoms with van der Waals surface area (Å²) in [5.41, 5.74) is 4.33. The normalized spacial score (nSPS) is 38.2. The van der Waals surface area contributed by atoms with Gasteiger partial charge in [-0.05, 0) is 74.2 Å². The topological polar surface area (TPSA) is 35.5 Å². The van der Waals surface area contributed by atoms with E-state index >= 15 is 0 Å². The molecule has 0 aromatic heterocycles. The highest BCUT2D eigenvalue weighted by Gasteiger charge is 2.73. The van der Waals surface area contributed by atoms with Crippen LogP contribution in [0.25, 0.3) is 0 Å². The molecule has 1 aromatic carbocycles. The fourth-order valence-corrected chi connectivity index (χ4v) is 7.08. The monoisotopic (exact) mass is 340 g/mol. The largest absolute Gasteiger partial charge is 0.457 e. The van der Waals surface area contributed by atoms with E-state index < -0.39 is 19.3 Å². The first-order chi connectivity index (χ1) is 11.3. The highest BCUT2D eigenvalue weighted by molar-refractivity contribution is 6.69. The minimum absolute atomic E-state index is 0.0653. The lowest BCUT2D eigenvalue weighted by Gasteiger charge is -2.60. The zero-order valence-corrected chi connectivity index (χ0v) is 15.8. The maximum absolute atomic E-state index is 13.0. The number of esters is 1. The Hall–Kier alpha value is -1.39. The molecule has 4 atom stereocenters. The van der Waals surface area contributed by atoms with Crippen LogP contribution in [0.15, 0.2) is 24.3 Å². The zero-order chi connectivity index (χ0) is 16.9. The van der Waals surface area contributed by atoms with E-state index in [1.54, 1.807) is 0 Å². The van der Waals surface area contributed by atoms with E-state index in [1.807, 2.05) is 0 Å². The summed E-state index contributed by atoms with van der Waals surface area (Å²) in [5, 5.41) is 0. The molecule has 6 rings (SSSR count). The molecule has 2 bridgehead atoms. The number of hydrogen-bond acceptors (Lipinski definition) is 3. The molecule has 0 amide bonds. The van der Waals surface area contributed by atoms with Crippen molar-refractivity contribution in [1.29, 1.82) is 0 Å². The first-order valence-corrected chi connectivity index (χ1v) is 12.4. The van der Waals surface area contributed by atoms with E-state index in [0.29, 0.717) is 0 Å². The van der Waals surface area contributed by atoms with Crippen LogP contribution < -0.4 is 0 Å². The average Bonchev–Trinajstić information content (AvgIpc) is 2.84. The highest BCUT2D eigenvalue weighted by atomic mass is 28.4. The zero-order valence-electron chi connectivity index (χ0n) is 14.8. The van der Waals surface area contributed by atoms with E-state index in [4.69, 9.17) is 9.16 Å². The molecule has 0 saturated carbocycles. The molecule has 2 heterocycles. The predicted octanol–water partition coefficient (Wildman–Crippen LogP) is 3.64. The van der Waals surface area contributed by atoms with Gasteiger partial charge >= 0.3 is 5.97 Å². The van der Waals surface area contributed by atoms with E-state index in [0.717, 1.165) is 19.3 Å². The van der Waals surface area contributed by atoms with Crippen LogP contribution in [-0.4, -0.2) is 20.4 Å². The van der Waals surface area contributed by atoms with Gasteiger partial charge in [0, 0.05) is 5.92 Å². The highest BCUT2D eigenvalue weighted by Crippen LogP contribution is 2.67. The van der Waals surface area contributed by atoms with Crippen LogP contribution in [0, 0.1) is 18.3 Å². The molecule has 1 spiro atoms. The van der Waals surface area contributed by atoms with Crippen LogP contribution in [0.1, 0.15) is 28.7 Å². The molecule has 3 aliphatic carbocycles. The Morgan fingerprint density at radius 1 is 1.29 bits per heavy atom. The third-order valence-corrected chi connectivity index (χ3v) is 7.38. The lowest BCUT2D eigenvalue weighted by molar-refractivity contribution is -0.217. The van der Waals surface area contributed by atoms with Crippen molar-refractivity contribution in [3.8, 4) is 0 Å². The van der Waals surface area contributed by atoms with Crippen molar-refractivity contribution in [2.45, 2.75) is 57.5 Å². The van der Waals surface area contributed by atoms with E-state index in [-0.39, 0.29) is 18.0 Å². The van der Waals surface area contributed by atoms with Gasteiger partial charge in [0.1, 0.15) is 17.1 Å². The molecule has 1 fully saturated rings. The summed E-state index contributed by atoms with van der Waals surface area (Å²) in [6.07, 6.45) is 6.81. The maximum atomic E-state index is 13.0. The van der Waals surface area contributed by atoms with Crippen molar-refractivity contribution in [3.63, 3.8) is 0 Å². The number of rotatable bonds is 2. The van der Waals surface area contributed by atoms with Gasteiger partial charge in [-0.2, -0.15) is 0 Å². The Labute approximate surface area is 144 Å².